The first-order valence-corrected chi connectivity index (χ1v) is 6.12. The van der Waals surface area contributed by atoms with E-state index in [4.69, 9.17) is 10.2 Å². The van der Waals surface area contributed by atoms with E-state index in [1.165, 1.54) is 12.1 Å². The quantitative estimate of drug-likeness (QED) is 0.549. The lowest BCUT2D eigenvalue weighted by Crippen LogP contribution is -2.09. The fraction of sp³-hybridized carbons (Fsp3) is 0.500. The van der Waals surface area contributed by atoms with Gasteiger partial charge in [-0.15, -0.1) is 0 Å². The molecule has 8 heteroatoms. The van der Waals surface area contributed by atoms with Gasteiger partial charge in [-0.05, 0) is 30.7 Å². The lowest BCUT2D eigenvalue weighted by Gasteiger charge is -2.14. The van der Waals surface area contributed by atoms with E-state index in [9.17, 15) is 20.2 Å². The number of rotatable bonds is 8. The third kappa shape index (κ3) is 4.56. The Morgan fingerprint density at radius 1 is 0.950 bits per heavy atom. The van der Waals surface area contributed by atoms with Crippen molar-refractivity contribution in [2.24, 2.45) is 5.92 Å². The van der Waals surface area contributed by atoms with Gasteiger partial charge in [0.25, 0.3) is 11.4 Å². The van der Waals surface area contributed by atoms with Crippen molar-refractivity contribution in [3.63, 3.8) is 0 Å². The maximum Gasteiger partial charge on any atom is 0.276 e. The molecule has 0 unspecified atom stereocenters. The number of hydrogen-bond donors (Lipinski definition) is 2. The van der Waals surface area contributed by atoms with Crippen LogP contribution in [0.15, 0.2) is 18.2 Å². The minimum Gasteiger partial charge on any atom is -0.396 e. The van der Waals surface area contributed by atoms with Crippen molar-refractivity contribution in [1.29, 1.82) is 0 Å². The van der Waals surface area contributed by atoms with E-state index in [1.807, 2.05) is 0 Å². The second-order valence-corrected chi connectivity index (χ2v) is 4.47. The van der Waals surface area contributed by atoms with E-state index < -0.39 is 9.85 Å². The molecule has 0 aliphatic rings. The molecule has 0 atom stereocenters. The highest BCUT2D eigenvalue weighted by Crippen LogP contribution is 2.25. The van der Waals surface area contributed by atoms with Crippen molar-refractivity contribution in [3.8, 4) is 0 Å². The van der Waals surface area contributed by atoms with E-state index in [1.54, 1.807) is 0 Å². The number of aliphatic hydroxyl groups excluding tert-OH is 2. The summed E-state index contributed by atoms with van der Waals surface area (Å²) in [4.78, 5) is 20.2. The van der Waals surface area contributed by atoms with E-state index in [0.717, 1.165) is 6.07 Å². The molecule has 1 aromatic carbocycles. The molecular weight excluding hydrogens is 268 g/mol. The molecule has 2 N–H and O–H groups in total. The van der Waals surface area contributed by atoms with Gasteiger partial charge in [-0.1, -0.05) is 0 Å². The highest BCUT2D eigenvalue weighted by Gasteiger charge is 2.18. The third-order valence-electron chi connectivity index (χ3n) is 2.98. The molecular formula is C12H16N2O6. The van der Waals surface area contributed by atoms with Gasteiger partial charge < -0.3 is 10.2 Å². The topological polar surface area (TPSA) is 127 Å². The molecule has 8 nitrogen and oxygen atoms in total. The average molecular weight is 284 g/mol. The number of nitro groups is 2. The first kappa shape index (κ1) is 16.0. The Hall–Kier alpha value is -2.06. The predicted octanol–water partition coefficient (Wildman–Crippen LogP) is 1.43. The van der Waals surface area contributed by atoms with Crippen molar-refractivity contribution in [2.45, 2.75) is 19.3 Å². The standard InChI is InChI=1S/C12H16N2O6/c15-3-1-9(2-4-16)5-10-6-11(13(17)18)8-12(7-10)14(19)20/h6-9,15-16H,1-5H2. The summed E-state index contributed by atoms with van der Waals surface area (Å²) in [6.45, 7) is -0.136. The van der Waals surface area contributed by atoms with Crippen molar-refractivity contribution < 1.29 is 20.1 Å². The Morgan fingerprint density at radius 3 is 1.75 bits per heavy atom. The summed E-state index contributed by atoms with van der Waals surface area (Å²) in [6, 6.07) is 3.49. The molecule has 0 aliphatic carbocycles. The molecule has 0 aliphatic heterocycles. The minimum atomic E-state index is -0.677. The highest BCUT2D eigenvalue weighted by atomic mass is 16.6. The highest BCUT2D eigenvalue weighted by molar-refractivity contribution is 5.46. The number of aliphatic hydroxyl groups is 2. The first-order valence-electron chi connectivity index (χ1n) is 6.12. The summed E-state index contributed by atoms with van der Waals surface area (Å²) < 4.78 is 0. The molecule has 0 saturated carbocycles. The zero-order valence-electron chi connectivity index (χ0n) is 10.8. The molecule has 20 heavy (non-hydrogen) atoms. The molecule has 1 aromatic rings. The summed E-state index contributed by atoms with van der Waals surface area (Å²) >= 11 is 0. The van der Waals surface area contributed by atoms with Crippen LogP contribution in [0.2, 0.25) is 0 Å². The van der Waals surface area contributed by atoms with Gasteiger partial charge in [-0.2, -0.15) is 0 Å². The Kier molecular flexibility index (Phi) is 6.01. The zero-order valence-corrected chi connectivity index (χ0v) is 10.8. The van der Waals surface area contributed by atoms with Gasteiger partial charge in [0, 0.05) is 25.3 Å². The van der Waals surface area contributed by atoms with E-state index in [-0.39, 0.29) is 30.5 Å². The lowest BCUT2D eigenvalue weighted by molar-refractivity contribution is -0.394. The van der Waals surface area contributed by atoms with Crippen LogP contribution in [0.3, 0.4) is 0 Å². The predicted molar refractivity (Wildman–Crippen MR) is 70.4 cm³/mol. The molecule has 0 aromatic heterocycles. The molecule has 0 amide bonds. The summed E-state index contributed by atoms with van der Waals surface area (Å²) in [7, 11) is 0. The summed E-state index contributed by atoms with van der Waals surface area (Å²) in [6.07, 6.45) is 1.19. The van der Waals surface area contributed by atoms with Crippen molar-refractivity contribution in [1.82, 2.24) is 0 Å². The Morgan fingerprint density at radius 2 is 1.40 bits per heavy atom. The summed E-state index contributed by atoms with van der Waals surface area (Å²) in [5.74, 6) is -0.0772. The monoisotopic (exact) mass is 284 g/mol. The molecule has 0 saturated heterocycles. The summed E-state index contributed by atoms with van der Waals surface area (Å²) in [5.41, 5.74) is -0.209. The third-order valence-corrected chi connectivity index (χ3v) is 2.98. The fourth-order valence-electron chi connectivity index (χ4n) is 2.03. The van der Waals surface area contributed by atoms with Crippen molar-refractivity contribution in [2.75, 3.05) is 13.2 Å². The van der Waals surface area contributed by atoms with Gasteiger partial charge in [0.15, 0.2) is 0 Å². The zero-order chi connectivity index (χ0) is 15.1. The van der Waals surface area contributed by atoms with Gasteiger partial charge in [0.2, 0.25) is 0 Å². The maximum absolute atomic E-state index is 10.8. The first-order chi connectivity index (χ1) is 9.47. The molecule has 110 valence electrons. The number of nitrogens with zero attached hydrogens (tertiary/aromatic N) is 2. The molecule has 0 fully saturated rings. The number of nitro benzene ring substituents is 2. The Balaban J connectivity index is 3.03. The average Bonchev–Trinajstić information content (AvgIpc) is 2.38. The maximum atomic E-state index is 10.8. The molecule has 0 bridgehead atoms. The van der Waals surface area contributed by atoms with Crippen LogP contribution in [0.5, 0.6) is 0 Å². The summed E-state index contributed by atoms with van der Waals surface area (Å²) in [5, 5.41) is 39.4. The fourth-order valence-corrected chi connectivity index (χ4v) is 2.03. The van der Waals surface area contributed by atoms with E-state index >= 15 is 0 Å². The van der Waals surface area contributed by atoms with Crippen LogP contribution >= 0.6 is 0 Å². The normalized spacial score (nSPS) is 10.8. The number of hydrogen-bond acceptors (Lipinski definition) is 6. The van der Waals surface area contributed by atoms with E-state index in [0.29, 0.717) is 24.8 Å². The molecule has 0 spiro atoms. The van der Waals surface area contributed by atoms with Crippen molar-refractivity contribution >= 4 is 11.4 Å². The second kappa shape index (κ2) is 7.51. The van der Waals surface area contributed by atoms with Crippen LogP contribution in [0.25, 0.3) is 0 Å². The van der Waals surface area contributed by atoms with Crippen LogP contribution in [-0.2, 0) is 6.42 Å². The van der Waals surface area contributed by atoms with Crippen molar-refractivity contribution in [3.05, 3.63) is 44.0 Å². The van der Waals surface area contributed by atoms with Gasteiger partial charge in [0.1, 0.15) is 0 Å². The number of benzene rings is 1. The van der Waals surface area contributed by atoms with Gasteiger partial charge in [0.05, 0.1) is 15.9 Å². The number of non-ortho nitro benzene ring substituents is 2. The molecule has 1 rings (SSSR count). The minimum absolute atomic E-state index is 0.0678. The van der Waals surface area contributed by atoms with Gasteiger partial charge >= 0.3 is 0 Å². The Labute approximate surface area is 115 Å². The van der Waals surface area contributed by atoms with Gasteiger partial charge in [-0.3, -0.25) is 20.2 Å². The largest absolute Gasteiger partial charge is 0.396 e. The van der Waals surface area contributed by atoms with Crippen LogP contribution in [-0.4, -0.2) is 33.3 Å². The van der Waals surface area contributed by atoms with Crippen LogP contribution in [0, 0.1) is 26.1 Å². The van der Waals surface area contributed by atoms with Gasteiger partial charge in [-0.25, -0.2) is 0 Å². The molecule has 0 radical (unpaired) electrons. The molecule has 0 heterocycles. The van der Waals surface area contributed by atoms with Crippen LogP contribution in [0.4, 0.5) is 11.4 Å². The Bertz CT molecular complexity index is 453. The van der Waals surface area contributed by atoms with Crippen LogP contribution < -0.4 is 0 Å². The van der Waals surface area contributed by atoms with E-state index in [2.05, 4.69) is 0 Å². The SMILES string of the molecule is O=[N+]([O-])c1cc(CC(CCO)CCO)cc([N+](=O)[O-])c1. The van der Waals surface area contributed by atoms with Crippen LogP contribution in [0.1, 0.15) is 18.4 Å². The second-order valence-electron chi connectivity index (χ2n) is 4.47. The smallest absolute Gasteiger partial charge is 0.276 e. The lowest BCUT2D eigenvalue weighted by atomic mass is 9.93.